The Morgan fingerprint density at radius 3 is 2.64 bits per heavy atom. The number of aliphatic hydroxyl groups excluding tert-OH is 2. The van der Waals surface area contributed by atoms with E-state index in [1.807, 2.05) is 0 Å². The van der Waals surface area contributed by atoms with Crippen LogP contribution in [0.5, 0.6) is 0 Å². The van der Waals surface area contributed by atoms with E-state index in [-0.39, 0.29) is 18.8 Å². The van der Waals surface area contributed by atoms with Crippen LogP contribution in [0.3, 0.4) is 0 Å². The fraction of sp³-hybridized carbons (Fsp3) is 0.500. The standard InChI is InChI=1S/C22H26N2O7S2/c1-11-16(32-7-6-14-13(8-25)23-9-33-14)15(18(28)31-10-26)24-17(11)22(12(2)27,20(24)30)19(29)21(3,4)5/h6-7,9-12,17,25,27H,8H2,1-5H3/t11-,12+,17-,22+/m0/s1. The van der Waals surface area contributed by atoms with E-state index in [4.69, 9.17) is 0 Å². The highest BCUT2D eigenvalue weighted by Gasteiger charge is 2.74. The molecule has 0 saturated carbocycles. The highest BCUT2D eigenvalue weighted by molar-refractivity contribution is 8.06. The molecule has 9 nitrogen and oxygen atoms in total. The minimum atomic E-state index is -1.71. The zero-order valence-corrected chi connectivity index (χ0v) is 20.5. The fourth-order valence-corrected chi connectivity index (χ4v) is 6.32. The van der Waals surface area contributed by atoms with E-state index >= 15 is 0 Å². The van der Waals surface area contributed by atoms with Crippen LogP contribution in [0.25, 0.3) is 6.08 Å². The Balaban J connectivity index is 2.04. The lowest BCUT2D eigenvalue weighted by Crippen LogP contribution is -2.76. The van der Waals surface area contributed by atoms with Crippen molar-refractivity contribution < 1.29 is 34.1 Å². The molecule has 0 radical (unpaired) electrons. The van der Waals surface area contributed by atoms with Gasteiger partial charge in [-0.15, -0.1) is 11.3 Å². The molecule has 1 aromatic rings. The normalized spacial score (nSPS) is 25.8. The lowest BCUT2D eigenvalue weighted by atomic mass is 9.57. The van der Waals surface area contributed by atoms with Crippen LogP contribution in [0.15, 0.2) is 21.5 Å². The van der Waals surface area contributed by atoms with Crippen LogP contribution in [-0.4, -0.2) is 56.4 Å². The number of esters is 1. The van der Waals surface area contributed by atoms with Gasteiger partial charge in [0.2, 0.25) is 5.91 Å². The van der Waals surface area contributed by atoms with Crippen LogP contribution in [-0.2, 0) is 30.5 Å². The van der Waals surface area contributed by atoms with Crippen LogP contribution in [0.1, 0.15) is 45.2 Å². The monoisotopic (exact) mass is 494 g/mol. The van der Waals surface area contributed by atoms with Crippen molar-refractivity contribution in [3.63, 3.8) is 0 Å². The van der Waals surface area contributed by atoms with Crippen LogP contribution >= 0.6 is 23.1 Å². The quantitative estimate of drug-likeness (QED) is 0.241. The molecule has 1 saturated heterocycles. The molecule has 178 valence electrons. The molecule has 2 N–H and O–H groups in total. The molecule has 0 unspecified atom stereocenters. The summed E-state index contributed by atoms with van der Waals surface area (Å²) < 4.78 is 4.55. The number of aliphatic hydroxyl groups is 2. The number of carbonyl (C=O) groups excluding carboxylic acids is 4. The third kappa shape index (κ3) is 3.86. The number of rotatable bonds is 8. The minimum Gasteiger partial charge on any atom is -0.392 e. The van der Waals surface area contributed by atoms with E-state index in [1.165, 1.54) is 23.2 Å². The molecule has 0 spiro atoms. The summed E-state index contributed by atoms with van der Waals surface area (Å²) in [6.45, 7) is 7.96. The van der Waals surface area contributed by atoms with Gasteiger partial charge in [0.15, 0.2) is 11.2 Å². The van der Waals surface area contributed by atoms with E-state index in [9.17, 15) is 29.4 Å². The van der Waals surface area contributed by atoms with Crippen LogP contribution < -0.4 is 0 Å². The summed E-state index contributed by atoms with van der Waals surface area (Å²) in [5, 5.41) is 21.7. The summed E-state index contributed by atoms with van der Waals surface area (Å²) in [5.74, 6) is -2.59. The Bertz CT molecular complexity index is 1050. The Morgan fingerprint density at radius 2 is 2.09 bits per heavy atom. The summed E-state index contributed by atoms with van der Waals surface area (Å²) in [5.41, 5.74) is -0.624. The summed E-state index contributed by atoms with van der Waals surface area (Å²) in [6.07, 6.45) is 0.434. The number of ketones is 1. The average Bonchev–Trinajstić information content (AvgIpc) is 3.29. The maximum Gasteiger partial charge on any atom is 0.363 e. The van der Waals surface area contributed by atoms with Gasteiger partial charge in [0.1, 0.15) is 5.70 Å². The SMILES string of the molecule is C[C@H]1C(SC=Cc2scnc2CO)=C(C(=O)OC=O)N2C(=O)[C@](C(=O)C(C)(C)C)([C@@H](C)O)[C@H]12. The predicted octanol–water partition coefficient (Wildman–Crippen LogP) is 2.09. The van der Waals surface area contributed by atoms with Crippen molar-refractivity contribution in [2.24, 2.45) is 16.7 Å². The molecule has 3 rings (SSSR count). The summed E-state index contributed by atoms with van der Waals surface area (Å²) in [4.78, 5) is 56.7. The van der Waals surface area contributed by atoms with Gasteiger partial charge in [-0.05, 0) is 18.4 Å². The van der Waals surface area contributed by atoms with Gasteiger partial charge in [0.05, 0.1) is 34.8 Å². The Hall–Kier alpha value is -2.34. The van der Waals surface area contributed by atoms with E-state index in [1.54, 1.807) is 44.7 Å². The van der Waals surface area contributed by atoms with Gasteiger partial charge in [0, 0.05) is 16.2 Å². The van der Waals surface area contributed by atoms with Gasteiger partial charge >= 0.3 is 12.4 Å². The molecule has 0 aliphatic carbocycles. The smallest absolute Gasteiger partial charge is 0.363 e. The average molecular weight is 495 g/mol. The van der Waals surface area contributed by atoms with Gasteiger partial charge < -0.3 is 14.9 Å². The van der Waals surface area contributed by atoms with Crippen molar-refractivity contribution in [3.05, 3.63) is 32.1 Å². The number of β-lactam (4-membered cyclic amide) rings is 1. The van der Waals surface area contributed by atoms with E-state index in [2.05, 4.69) is 9.72 Å². The first-order valence-corrected chi connectivity index (χ1v) is 12.0. The molecule has 1 amide bonds. The van der Waals surface area contributed by atoms with Crippen LogP contribution in [0.2, 0.25) is 0 Å². The highest BCUT2D eigenvalue weighted by Crippen LogP contribution is 2.58. The lowest BCUT2D eigenvalue weighted by Gasteiger charge is -2.56. The number of amides is 1. The van der Waals surface area contributed by atoms with Gasteiger partial charge in [-0.1, -0.05) is 39.5 Å². The zero-order chi connectivity index (χ0) is 24.7. The molecule has 0 aromatic carbocycles. The molecule has 2 aliphatic rings. The van der Waals surface area contributed by atoms with Crippen molar-refractivity contribution in [1.29, 1.82) is 0 Å². The highest BCUT2D eigenvalue weighted by atomic mass is 32.2. The number of thiazole rings is 1. The minimum absolute atomic E-state index is 0.0111. The molecule has 33 heavy (non-hydrogen) atoms. The molecule has 2 aliphatic heterocycles. The van der Waals surface area contributed by atoms with E-state index < -0.39 is 46.6 Å². The van der Waals surface area contributed by atoms with Crippen molar-refractivity contribution in [3.8, 4) is 0 Å². The Labute approximate surface area is 199 Å². The summed E-state index contributed by atoms with van der Waals surface area (Å²) >= 11 is 2.48. The maximum atomic E-state index is 13.4. The molecule has 1 aromatic heterocycles. The lowest BCUT2D eigenvalue weighted by molar-refractivity contribution is -0.192. The first-order chi connectivity index (χ1) is 15.4. The molecule has 11 heteroatoms. The number of ether oxygens (including phenoxy) is 1. The second-order valence-corrected chi connectivity index (χ2v) is 10.8. The number of aromatic nitrogens is 1. The molecule has 0 bridgehead atoms. The zero-order valence-electron chi connectivity index (χ0n) is 18.9. The van der Waals surface area contributed by atoms with Gasteiger partial charge in [-0.25, -0.2) is 9.78 Å². The topological polar surface area (TPSA) is 134 Å². The first-order valence-electron chi connectivity index (χ1n) is 10.3. The number of hydrogen-bond donors (Lipinski definition) is 2. The largest absolute Gasteiger partial charge is 0.392 e. The second kappa shape index (κ2) is 9.13. The molecular formula is C22H26N2O7S2. The number of fused-ring (bicyclic) bond motifs is 1. The number of hydrogen-bond acceptors (Lipinski definition) is 10. The van der Waals surface area contributed by atoms with Crippen molar-refractivity contribution in [2.75, 3.05) is 0 Å². The van der Waals surface area contributed by atoms with Crippen molar-refractivity contribution in [2.45, 2.75) is 53.4 Å². The van der Waals surface area contributed by atoms with Crippen molar-refractivity contribution in [1.82, 2.24) is 9.88 Å². The molecule has 4 atom stereocenters. The number of thioether (sulfide) groups is 1. The molecule has 3 heterocycles. The van der Waals surface area contributed by atoms with E-state index in [0.29, 0.717) is 10.6 Å². The Morgan fingerprint density at radius 1 is 1.42 bits per heavy atom. The molecule has 1 fully saturated rings. The summed E-state index contributed by atoms with van der Waals surface area (Å²) in [6, 6.07) is -0.793. The van der Waals surface area contributed by atoms with Crippen LogP contribution in [0, 0.1) is 16.7 Å². The first kappa shape index (κ1) is 25.3. The number of nitrogens with zero attached hydrogens (tertiary/aromatic N) is 2. The van der Waals surface area contributed by atoms with Gasteiger partial charge in [-0.2, -0.15) is 0 Å². The second-order valence-electron chi connectivity index (χ2n) is 8.99. The number of Topliss-reactive ketones (excluding diaryl/α,β-unsaturated/α-hetero) is 1. The number of carbonyl (C=O) groups is 4. The summed E-state index contributed by atoms with van der Waals surface area (Å²) in [7, 11) is 0. The third-order valence-electron chi connectivity index (χ3n) is 5.98. The predicted molar refractivity (Wildman–Crippen MR) is 122 cm³/mol. The van der Waals surface area contributed by atoms with Crippen LogP contribution in [0.4, 0.5) is 0 Å². The maximum absolute atomic E-state index is 13.4. The Kier molecular flexibility index (Phi) is 6.99. The van der Waals surface area contributed by atoms with Gasteiger partial charge in [-0.3, -0.25) is 19.3 Å². The van der Waals surface area contributed by atoms with Crippen molar-refractivity contribution >= 4 is 53.3 Å². The van der Waals surface area contributed by atoms with Gasteiger partial charge in [0.25, 0.3) is 0 Å². The molecular weight excluding hydrogens is 468 g/mol. The third-order valence-corrected chi connectivity index (χ3v) is 7.91. The fourth-order valence-electron chi connectivity index (χ4n) is 4.56. The van der Waals surface area contributed by atoms with E-state index in [0.717, 1.165) is 16.6 Å².